The number of hydrogen-bond acceptors (Lipinski definition) is 3. The molecule has 136 valence electrons. The Hall–Kier alpha value is -2.49. The Morgan fingerprint density at radius 2 is 1.69 bits per heavy atom. The van der Waals surface area contributed by atoms with Crippen molar-refractivity contribution in [1.82, 2.24) is 4.57 Å². The minimum absolute atomic E-state index is 0.336. The van der Waals surface area contributed by atoms with Gasteiger partial charge >= 0.3 is 5.76 Å². The highest BCUT2D eigenvalue weighted by atomic mass is 16.4. The van der Waals surface area contributed by atoms with Gasteiger partial charge in [0, 0.05) is 24.5 Å². The van der Waals surface area contributed by atoms with Crippen LogP contribution in [-0.4, -0.2) is 4.57 Å². The summed E-state index contributed by atoms with van der Waals surface area (Å²) in [6.45, 7) is 4.75. The van der Waals surface area contributed by atoms with Gasteiger partial charge in [-0.3, -0.25) is 4.57 Å². The molecule has 4 rings (SSSR count). The van der Waals surface area contributed by atoms with Crippen LogP contribution in [0.15, 0.2) is 51.7 Å². The fraction of sp³-hybridized carbons (Fsp3) is 0.409. The van der Waals surface area contributed by atoms with Crippen molar-refractivity contribution >= 4 is 22.5 Å². The lowest BCUT2D eigenvalue weighted by Gasteiger charge is -2.34. The van der Waals surface area contributed by atoms with E-state index in [-0.39, 0.29) is 5.76 Å². The van der Waals surface area contributed by atoms with Gasteiger partial charge in [-0.15, -0.1) is 0 Å². The van der Waals surface area contributed by atoms with E-state index in [1.165, 1.54) is 35.8 Å². The number of oxazole rings is 1. The monoisotopic (exact) mass is 350 g/mol. The van der Waals surface area contributed by atoms with E-state index in [0.717, 1.165) is 16.9 Å². The van der Waals surface area contributed by atoms with Gasteiger partial charge in [0.05, 0.1) is 5.52 Å². The summed E-state index contributed by atoms with van der Waals surface area (Å²) in [4.78, 5) is 11.6. The molecule has 0 unspecified atom stereocenters. The van der Waals surface area contributed by atoms with Crippen LogP contribution in [0.25, 0.3) is 11.1 Å². The van der Waals surface area contributed by atoms with Gasteiger partial charge in [0.25, 0.3) is 0 Å². The first-order chi connectivity index (χ1) is 12.4. The number of aromatic nitrogens is 1. The average Bonchev–Trinajstić information content (AvgIpc) is 2.90. The highest BCUT2D eigenvalue weighted by molar-refractivity contribution is 5.79. The van der Waals surface area contributed by atoms with Crippen molar-refractivity contribution in [2.24, 2.45) is 12.5 Å². The molecule has 4 nitrogen and oxygen atoms in total. The first-order valence-corrected chi connectivity index (χ1v) is 9.38. The summed E-state index contributed by atoms with van der Waals surface area (Å²) >= 11 is 0. The van der Waals surface area contributed by atoms with Crippen molar-refractivity contribution in [2.45, 2.75) is 45.4 Å². The van der Waals surface area contributed by atoms with Crippen LogP contribution in [0.5, 0.6) is 0 Å². The third kappa shape index (κ3) is 3.28. The molecule has 1 saturated carbocycles. The highest BCUT2D eigenvalue weighted by Gasteiger charge is 2.27. The lowest BCUT2D eigenvalue weighted by atomic mass is 9.71. The Morgan fingerprint density at radius 3 is 2.38 bits per heavy atom. The van der Waals surface area contributed by atoms with Crippen molar-refractivity contribution in [1.29, 1.82) is 0 Å². The Kier molecular flexibility index (Phi) is 4.14. The summed E-state index contributed by atoms with van der Waals surface area (Å²) in [7, 11) is 1.71. The van der Waals surface area contributed by atoms with E-state index in [1.807, 2.05) is 18.2 Å². The molecule has 1 N–H and O–H groups in total. The van der Waals surface area contributed by atoms with Gasteiger partial charge in [-0.25, -0.2) is 4.79 Å². The summed E-state index contributed by atoms with van der Waals surface area (Å²) in [5.41, 5.74) is 5.31. The van der Waals surface area contributed by atoms with E-state index in [1.54, 1.807) is 7.05 Å². The van der Waals surface area contributed by atoms with E-state index in [9.17, 15) is 4.79 Å². The normalized spacial score (nSPS) is 17.5. The molecular weight excluding hydrogens is 324 g/mol. The molecule has 1 fully saturated rings. The Labute approximate surface area is 153 Å². The van der Waals surface area contributed by atoms with Crippen LogP contribution in [-0.2, 0) is 7.05 Å². The number of rotatable bonds is 3. The van der Waals surface area contributed by atoms with Crippen LogP contribution in [0.4, 0.5) is 11.4 Å². The number of benzene rings is 2. The molecule has 0 aliphatic heterocycles. The van der Waals surface area contributed by atoms with E-state index >= 15 is 0 Å². The lowest BCUT2D eigenvalue weighted by Crippen LogP contribution is -2.20. The van der Waals surface area contributed by atoms with Gasteiger partial charge in [0.15, 0.2) is 5.58 Å². The quantitative estimate of drug-likeness (QED) is 0.673. The zero-order valence-electron chi connectivity index (χ0n) is 15.7. The van der Waals surface area contributed by atoms with Crippen LogP contribution in [0.1, 0.15) is 51.0 Å². The van der Waals surface area contributed by atoms with Gasteiger partial charge in [-0.05, 0) is 66.8 Å². The molecule has 0 amide bonds. The highest BCUT2D eigenvalue weighted by Crippen LogP contribution is 2.42. The van der Waals surface area contributed by atoms with Gasteiger partial charge < -0.3 is 9.73 Å². The Morgan fingerprint density at radius 1 is 1.04 bits per heavy atom. The molecule has 0 radical (unpaired) electrons. The maximum Gasteiger partial charge on any atom is 0.419 e. The molecule has 0 bridgehead atoms. The van der Waals surface area contributed by atoms with Crippen molar-refractivity contribution in [3.05, 3.63) is 58.6 Å². The first-order valence-electron chi connectivity index (χ1n) is 9.38. The summed E-state index contributed by atoms with van der Waals surface area (Å²) in [5, 5.41) is 3.40. The second-order valence-electron chi connectivity index (χ2n) is 8.29. The SMILES string of the molecule is Cn1c(=O)oc2cc(Nc3ccc(C4CCC(C)(C)CC4)cc3)ccc21. The van der Waals surface area contributed by atoms with Crippen LogP contribution in [0.3, 0.4) is 0 Å². The van der Waals surface area contributed by atoms with E-state index < -0.39 is 0 Å². The molecule has 4 heteroatoms. The molecule has 1 heterocycles. The zero-order valence-corrected chi connectivity index (χ0v) is 15.7. The van der Waals surface area contributed by atoms with Crippen molar-refractivity contribution in [3.63, 3.8) is 0 Å². The third-order valence-corrected chi connectivity index (χ3v) is 5.80. The van der Waals surface area contributed by atoms with Gasteiger partial charge in [-0.2, -0.15) is 0 Å². The molecule has 0 spiro atoms. The predicted molar refractivity (Wildman–Crippen MR) is 106 cm³/mol. The minimum atomic E-state index is -0.336. The Bertz CT molecular complexity index is 970. The minimum Gasteiger partial charge on any atom is -0.408 e. The molecule has 2 aromatic carbocycles. The number of fused-ring (bicyclic) bond motifs is 1. The average molecular weight is 350 g/mol. The summed E-state index contributed by atoms with van der Waals surface area (Å²) in [5.74, 6) is 0.351. The molecule has 1 aromatic heterocycles. The van der Waals surface area contributed by atoms with Crippen LogP contribution in [0.2, 0.25) is 0 Å². The van der Waals surface area contributed by atoms with Gasteiger partial charge in [-0.1, -0.05) is 26.0 Å². The fourth-order valence-corrected chi connectivity index (χ4v) is 3.95. The Balaban J connectivity index is 1.48. The number of aryl methyl sites for hydroxylation is 1. The maximum atomic E-state index is 11.6. The second kappa shape index (κ2) is 6.35. The van der Waals surface area contributed by atoms with Crippen molar-refractivity contribution in [3.8, 4) is 0 Å². The summed E-state index contributed by atoms with van der Waals surface area (Å²) in [6.07, 6.45) is 5.17. The smallest absolute Gasteiger partial charge is 0.408 e. The summed E-state index contributed by atoms with van der Waals surface area (Å²) < 4.78 is 6.77. The maximum absolute atomic E-state index is 11.6. The molecule has 0 atom stereocenters. The third-order valence-electron chi connectivity index (χ3n) is 5.80. The zero-order chi connectivity index (χ0) is 18.3. The molecular formula is C22H26N2O2. The molecule has 1 aliphatic carbocycles. The fourth-order valence-electron chi connectivity index (χ4n) is 3.95. The van der Waals surface area contributed by atoms with Gasteiger partial charge in [0.2, 0.25) is 0 Å². The van der Waals surface area contributed by atoms with Crippen LogP contribution >= 0.6 is 0 Å². The molecule has 0 saturated heterocycles. The second-order valence-corrected chi connectivity index (χ2v) is 8.29. The largest absolute Gasteiger partial charge is 0.419 e. The van der Waals surface area contributed by atoms with Crippen molar-refractivity contribution < 1.29 is 4.42 Å². The first kappa shape index (κ1) is 17.0. The van der Waals surface area contributed by atoms with Crippen LogP contribution < -0.4 is 11.1 Å². The standard InChI is InChI=1S/C22H26N2O2/c1-22(2)12-10-16(11-13-22)15-4-6-17(7-5-15)23-18-8-9-19-20(14-18)26-21(25)24(19)3/h4-9,14,16,23H,10-13H2,1-3H3. The molecule has 26 heavy (non-hydrogen) atoms. The number of nitrogens with zero attached hydrogens (tertiary/aromatic N) is 1. The van der Waals surface area contributed by atoms with E-state index in [0.29, 0.717) is 16.9 Å². The number of hydrogen-bond donors (Lipinski definition) is 1. The van der Waals surface area contributed by atoms with Crippen LogP contribution in [0, 0.1) is 5.41 Å². The molecule has 3 aromatic rings. The lowest BCUT2D eigenvalue weighted by molar-refractivity contribution is 0.224. The molecule has 1 aliphatic rings. The van der Waals surface area contributed by atoms with Gasteiger partial charge in [0.1, 0.15) is 0 Å². The van der Waals surface area contributed by atoms with E-state index in [4.69, 9.17) is 4.42 Å². The number of anilines is 2. The predicted octanol–water partition coefficient (Wildman–Crippen LogP) is 5.56. The topological polar surface area (TPSA) is 47.2 Å². The van der Waals surface area contributed by atoms with Crippen molar-refractivity contribution in [2.75, 3.05) is 5.32 Å². The summed E-state index contributed by atoms with van der Waals surface area (Å²) in [6, 6.07) is 14.5. The number of nitrogens with one attached hydrogen (secondary N) is 1. The van der Waals surface area contributed by atoms with E-state index in [2.05, 4.69) is 43.4 Å².